The van der Waals surface area contributed by atoms with Crippen molar-refractivity contribution in [3.8, 4) is 0 Å². The van der Waals surface area contributed by atoms with Gasteiger partial charge in [-0.25, -0.2) is 0 Å². The summed E-state index contributed by atoms with van der Waals surface area (Å²) in [6, 6.07) is 21.0. The zero-order valence-corrected chi connectivity index (χ0v) is 14.3. The van der Waals surface area contributed by atoms with Crippen LogP contribution in [0.15, 0.2) is 66.7 Å². The van der Waals surface area contributed by atoms with Gasteiger partial charge in [-0.05, 0) is 36.9 Å². The van der Waals surface area contributed by atoms with Crippen molar-refractivity contribution in [3.05, 3.63) is 77.9 Å². The molecule has 1 heterocycles. The molecule has 0 saturated carbocycles. The Hall–Kier alpha value is -1.90. The number of hydrogen-bond acceptors (Lipinski definition) is 2. The summed E-state index contributed by atoms with van der Waals surface area (Å²) in [5.41, 5.74) is 2.57. The number of likely N-dealkylation sites (tertiary alicyclic amines) is 1. The normalized spacial score (nSPS) is 22.0. The van der Waals surface area contributed by atoms with Gasteiger partial charge >= 0.3 is 0 Å². The molecule has 1 unspecified atom stereocenters. The molecule has 1 saturated heterocycles. The first-order valence-electron chi connectivity index (χ1n) is 8.88. The van der Waals surface area contributed by atoms with Crippen LogP contribution in [-0.2, 0) is 6.42 Å². The standard InChI is InChI=1S/C22H27NO/c24-19-22(17-21-11-5-2-6-12-21)14-8-16-23(18-22)15-7-13-20-9-3-1-4-10-20/h1-7,9-13,24H,8,14-19H2. The van der Waals surface area contributed by atoms with Crippen molar-refractivity contribution in [3.63, 3.8) is 0 Å². The molecule has 1 fully saturated rings. The monoisotopic (exact) mass is 321 g/mol. The number of hydrogen-bond donors (Lipinski definition) is 1. The predicted molar refractivity (Wildman–Crippen MR) is 101 cm³/mol. The number of nitrogens with zero attached hydrogens (tertiary/aromatic N) is 1. The molecule has 0 amide bonds. The zero-order valence-electron chi connectivity index (χ0n) is 14.3. The second-order valence-corrected chi connectivity index (χ2v) is 6.97. The molecule has 2 nitrogen and oxygen atoms in total. The van der Waals surface area contributed by atoms with Crippen LogP contribution in [0.2, 0.25) is 0 Å². The first-order chi connectivity index (χ1) is 11.8. The maximum absolute atomic E-state index is 10.1. The highest BCUT2D eigenvalue weighted by atomic mass is 16.3. The van der Waals surface area contributed by atoms with E-state index in [1.54, 1.807) is 0 Å². The van der Waals surface area contributed by atoms with Crippen LogP contribution in [0.25, 0.3) is 6.08 Å². The topological polar surface area (TPSA) is 23.5 Å². The number of rotatable bonds is 6. The lowest BCUT2D eigenvalue weighted by Crippen LogP contribution is -2.46. The molecule has 1 aliphatic rings. The largest absolute Gasteiger partial charge is 0.396 e. The van der Waals surface area contributed by atoms with Crippen molar-refractivity contribution in [1.82, 2.24) is 4.90 Å². The van der Waals surface area contributed by atoms with Gasteiger partial charge in [-0.15, -0.1) is 0 Å². The third-order valence-electron chi connectivity index (χ3n) is 4.97. The minimum atomic E-state index is 0.000189. The maximum atomic E-state index is 10.1. The number of piperidine rings is 1. The van der Waals surface area contributed by atoms with Crippen molar-refractivity contribution >= 4 is 6.08 Å². The van der Waals surface area contributed by atoms with E-state index < -0.39 is 0 Å². The van der Waals surface area contributed by atoms with Crippen molar-refractivity contribution in [2.24, 2.45) is 5.41 Å². The summed E-state index contributed by atoms with van der Waals surface area (Å²) in [6.45, 7) is 3.30. The quantitative estimate of drug-likeness (QED) is 0.869. The van der Waals surface area contributed by atoms with Gasteiger partial charge in [0.05, 0.1) is 6.61 Å². The summed E-state index contributed by atoms with van der Waals surface area (Å²) in [6.07, 6.45) is 7.66. The van der Waals surface area contributed by atoms with Crippen LogP contribution >= 0.6 is 0 Å². The molecule has 0 radical (unpaired) electrons. The summed E-state index contributed by atoms with van der Waals surface area (Å²) >= 11 is 0. The van der Waals surface area contributed by atoms with E-state index in [1.807, 2.05) is 6.07 Å². The Morgan fingerprint density at radius 3 is 2.42 bits per heavy atom. The Kier molecular flexibility index (Phi) is 5.84. The molecular formula is C22H27NO. The fourth-order valence-electron chi connectivity index (χ4n) is 3.73. The van der Waals surface area contributed by atoms with Crippen molar-refractivity contribution in [2.45, 2.75) is 19.3 Å². The highest BCUT2D eigenvalue weighted by Gasteiger charge is 2.34. The smallest absolute Gasteiger partial charge is 0.0502 e. The summed E-state index contributed by atoms with van der Waals surface area (Å²) in [4.78, 5) is 2.47. The Morgan fingerprint density at radius 1 is 1.00 bits per heavy atom. The second-order valence-electron chi connectivity index (χ2n) is 6.97. The number of aliphatic hydroxyl groups excluding tert-OH is 1. The zero-order chi connectivity index (χ0) is 16.7. The molecule has 126 valence electrons. The van der Waals surface area contributed by atoms with Crippen molar-refractivity contribution in [2.75, 3.05) is 26.2 Å². The highest BCUT2D eigenvalue weighted by molar-refractivity contribution is 5.48. The van der Waals surface area contributed by atoms with Crippen molar-refractivity contribution in [1.29, 1.82) is 0 Å². The Bertz CT molecular complexity index is 638. The minimum Gasteiger partial charge on any atom is -0.396 e. The summed E-state index contributed by atoms with van der Waals surface area (Å²) in [5.74, 6) is 0. The summed E-state index contributed by atoms with van der Waals surface area (Å²) < 4.78 is 0. The molecule has 2 aromatic carbocycles. The second kappa shape index (κ2) is 8.27. The Balaban J connectivity index is 1.61. The van der Waals surface area contributed by atoms with Crippen LogP contribution < -0.4 is 0 Å². The molecule has 2 aromatic rings. The maximum Gasteiger partial charge on any atom is 0.0502 e. The van der Waals surface area contributed by atoms with Gasteiger partial charge in [-0.3, -0.25) is 4.90 Å². The molecule has 24 heavy (non-hydrogen) atoms. The van der Waals surface area contributed by atoms with Crippen LogP contribution in [0.5, 0.6) is 0 Å². The van der Waals surface area contributed by atoms with Gasteiger partial charge in [-0.2, -0.15) is 0 Å². The molecule has 0 spiro atoms. The van der Waals surface area contributed by atoms with E-state index in [9.17, 15) is 5.11 Å². The predicted octanol–water partition coefficient (Wildman–Crippen LogP) is 4.02. The first-order valence-corrected chi connectivity index (χ1v) is 8.88. The molecule has 3 rings (SSSR count). The molecule has 0 bridgehead atoms. The van der Waals surface area contributed by atoms with E-state index in [0.717, 1.165) is 38.9 Å². The molecule has 0 aliphatic carbocycles. The lowest BCUT2D eigenvalue weighted by molar-refractivity contribution is 0.0376. The fraction of sp³-hybridized carbons (Fsp3) is 0.364. The molecular weight excluding hydrogens is 294 g/mol. The molecule has 2 heteroatoms. The van der Waals surface area contributed by atoms with Crippen molar-refractivity contribution < 1.29 is 5.11 Å². The van der Waals surface area contributed by atoms with Gasteiger partial charge in [0.1, 0.15) is 0 Å². The van der Waals surface area contributed by atoms with E-state index in [2.05, 4.69) is 71.6 Å². The summed E-state index contributed by atoms with van der Waals surface area (Å²) in [7, 11) is 0. The lowest BCUT2D eigenvalue weighted by atomic mass is 9.76. The number of aliphatic hydroxyl groups is 1. The van der Waals surface area contributed by atoms with Crippen LogP contribution in [0.1, 0.15) is 24.0 Å². The van der Waals surface area contributed by atoms with Crippen LogP contribution in [0.4, 0.5) is 0 Å². The lowest BCUT2D eigenvalue weighted by Gasteiger charge is -2.41. The average Bonchev–Trinajstić information content (AvgIpc) is 2.64. The number of benzene rings is 2. The van der Waals surface area contributed by atoms with Crippen LogP contribution in [0, 0.1) is 5.41 Å². The van der Waals surface area contributed by atoms with Gasteiger partial charge in [0.25, 0.3) is 0 Å². The average molecular weight is 321 g/mol. The molecule has 0 aromatic heterocycles. The fourth-order valence-corrected chi connectivity index (χ4v) is 3.73. The first kappa shape index (κ1) is 16.9. The van der Waals surface area contributed by atoms with Crippen LogP contribution in [0.3, 0.4) is 0 Å². The van der Waals surface area contributed by atoms with E-state index in [4.69, 9.17) is 0 Å². The van der Waals surface area contributed by atoms with E-state index in [0.29, 0.717) is 0 Å². The van der Waals surface area contributed by atoms with E-state index in [-0.39, 0.29) is 12.0 Å². The van der Waals surface area contributed by atoms with Gasteiger partial charge in [0, 0.05) is 18.5 Å². The minimum absolute atomic E-state index is 0.000189. The van der Waals surface area contributed by atoms with Gasteiger partial charge in [0.15, 0.2) is 0 Å². The summed E-state index contributed by atoms with van der Waals surface area (Å²) in [5, 5.41) is 10.1. The SMILES string of the molecule is OCC1(Cc2ccccc2)CCCN(CC=Cc2ccccc2)C1. The molecule has 1 atom stereocenters. The third-order valence-corrected chi connectivity index (χ3v) is 4.97. The molecule has 1 N–H and O–H groups in total. The van der Waals surface area contributed by atoms with E-state index in [1.165, 1.54) is 11.1 Å². The van der Waals surface area contributed by atoms with Gasteiger partial charge < -0.3 is 5.11 Å². The Morgan fingerprint density at radius 2 is 1.71 bits per heavy atom. The highest BCUT2D eigenvalue weighted by Crippen LogP contribution is 2.33. The third kappa shape index (κ3) is 4.56. The van der Waals surface area contributed by atoms with Gasteiger partial charge in [0.2, 0.25) is 0 Å². The van der Waals surface area contributed by atoms with Crippen LogP contribution in [-0.4, -0.2) is 36.2 Å². The Labute approximate surface area is 145 Å². The molecule has 1 aliphatic heterocycles. The van der Waals surface area contributed by atoms with E-state index >= 15 is 0 Å². The van der Waals surface area contributed by atoms with Gasteiger partial charge in [-0.1, -0.05) is 72.8 Å².